The van der Waals surface area contributed by atoms with Gasteiger partial charge in [0.15, 0.2) is 0 Å². The Morgan fingerprint density at radius 3 is 2.67 bits per heavy atom. The van der Waals surface area contributed by atoms with Crippen molar-refractivity contribution in [3.8, 4) is 0 Å². The van der Waals surface area contributed by atoms with Gasteiger partial charge in [-0.25, -0.2) is 0 Å². The maximum atomic E-state index is 11.3. The second kappa shape index (κ2) is 7.66. The first-order valence-corrected chi connectivity index (χ1v) is 6.31. The molecular formula is C13H19N3OS. The van der Waals surface area contributed by atoms with Gasteiger partial charge in [-0.2, -0.15) is 0 Å². The van der Waals surface area contributed by atoms with Crippen LogP contribution in [-0.4, -0.2) is 31.0 Å². The first-order chi connectivity index (χ1) is 8.59. The molecule has 0 spiro atoms. The summed E-state index contributed by atoms with van der Waals surface area (Å²) in [4.78, 5) is 13.7. The van der Waals surface area contributed by atoms with E-state index in [1.54, 1.807) is 0 Å². The summed E-state index contributed by atoms with van der Waals surface area (Å²) in [5.74, 6) is -0.107. The van der Waals surface area contributed by atoms with Crippen molar-refractivity contribution in [3.05, 3.63) is 30.3 Å². The van der Waals surface area contributed by atoms with Crippen LogP contribution in [0.15, 0.2) is 30.3 Å². The van der Waals surface area contributed by atoms with Crippen LogP contribution in [0, 0.1) is 0 Å². The van der Waals surface area contributed by atoms with Crippen LogP contribution < -0.4 is 16.0 Å². The standard InChI is InChI=1S/C13H19N3OS/c1-16(11-6-3-2-4-7-11)9-5-8-15-13(17)10-12(14)18/h2-4,6-7H,5,8-10H2,1H3,(H2,14,18)(H,15,17). The zero-order chi connectivity index (χ0) is 13.4. The molecule has 0 radical (unpaired) electrons. The predicted molar refractivity (Wildman–Crippen MR) is 78.7 cm³/mol. The minimum atomic E-state index is -0.107. The number of para-hydroxylation sites is 1. The minimum absolute atomic E-state index is 0.107. The molecule has 0 heterocycles. The van der Waals surface area contributed by atoms with Crippen molar-refractivity contribution in [2.75, 3.05) is 25.0 Å². The van der Waals surface area contributed by atoms with Gasteiger partial charge in [-0.3, -0.25) is 4.79 Å². The highest BCUT2D eigenvalue weighted by Crippen LogP contribution is 2.10. The van der Waals surface area contributed by atoms with Crippen molar-refractivity contribution in [2.45, 2.75) is 12.8 Å². The van der Waals surface area contributed by atoms with E-state index in [1.165, 1.54) is 5.69 Å². The summed E-state index contributed by atoms with van der Waals surface area (Å²) in [6, 6.07) is 10.1. The van der Waals surface area contributed by atoms with E-state index in [2.05, 4.69) is 34.6 Å². The third-order valence-corrected chi connectivity index (χ3v) is 2.67. The van der Waals surface area contributed by atoms with Crippen molar-refractivity contribution in [3.63, 3.8) is 0 Å². The molecule has 0 aliphatic rings. The number of hydrogen-bond acceptors (Lipinski definition) is 3. The van der Waals surface area contributed by atoms with Crippen molar-refractivity contribution < 1.29 is 4.79 Å². The molecule has 0 aliphatic carbocycles. The van der Waals surface area contributed by atoms with Crippen LogP contribution in [-0.2, 0) is 4.79 Å². The monoisotopic (exact) mass is 265 g/mol. The third-order valence-electron chi connectivity index (χ3n) is 2.52. The molecule has 0 atom stereocenters. The molecular weight excluding hydrogens is 246 g/mol. The van der Waals surface area contributed by atoms with Gasteiger partial charge in [0.2, 0.25) is 5.91 Å². The number of thiocarbonyl (C=S) groups is 1. The van der Waals surface area contributed by atoms with Gasteiger partial charge in [0.25, 0.3) is 0 Å². The molecule has 0 aromatic heterocycles. The van der Waals surface area contributed by atoms with Crippen LogP contribution in [0.2, 0.25) is 0 Å². The number of benzene rings is 1. The van der Waals surface area contributed by atoms with Crippen LogP contribution in [0.1, 0.15) is 12.8 Å². The normalized spacial score (nSPS) is 9.83. The molecule has 0 bridgehead atoms. The van der Waals surface area contributed by atoms with Crippen molar-refractivity contribution >= 4 is 28.8 Å². The molecule has 0 unspecified atom stereocenters. The molecule has 1 amide bonds. The quantitative estimate of drug-likeness (QED) is 0.576. The van der Waals surface area contributed by atoms with Crippen LogP contribution in [0.5, 0.6) is 0 Å². The van der Waals surface area contributed by atoms with Crippen LogP contribution in [0.3, 0.4) is 0 Å². The average molecular weight is 265 g/mol. The van der Waals surface area contributed by atoms with E-state index >= 15 is 0 Å². The predicted octanol–water partition coefficient (Wildman–Crippen LogP) is 1.31. The average Bonchev–Trinajstić information content (AvgIpc) is 2.34. The van der Waals surface area contributed by atoms with Crippen molar-refractivity contribution in [1.29, 1.82) is 0 Å². The highest BCUT2D eigenvalue weighted by Gasteiger charge is 2.03. The van der Waals surface area contributed by atoms with Gasteiger partial charge in [0.1, 0.15) is 0 Å². The molecule has 98 valence electrons. The fraction of sp³-hybridized carbons (Fsp3) is 0.385. The van der Waals surface area contributed by atoms with Crippen molar-refractivity contribution in [2.24, 2.45) is 5.73 Å². The molecule has 1 aromatic carbocycles. The smallest absolute Gasteiger partial charge is 0.226 e. The molecule has 0 fully saturated rings. The number of carbonyl (C=O) groups is 1. The summed E-state index contributed by atoms with van der Waals surface area (Å²) in [5.41, 5.74) is 6.46. The number of anilines is 1. The van der Waals surface area contributed by atoms with E-state index in [4.69, 9.17) is 5.73 Å². The number of carbonyl (C=O) groups excluding carboxylic acids is 1. The van der Waals surface area contributed by atoms with Crippen LogP contribution in [0.4, 0.5) is 5.69 Å². The molecule has 3 N–H and O–H groups in total. The Labute approximate surface area is 113 Å². The molecule has 5 heteroatoms. The molecule has 0 aliphatic heterocycles. The third kappa shape index (κ3) is 5.63. The Morgan fingerprint density at radius 2 is 2.06 bits per heavy atom. The Hall–Kier alpha value is -1.62. The summed E-state index contributed by atoms with van der Waals surface area (Å²) in [6.45, 7) is 1.52. The zero-order valence-corrected chi connectivity index (χ0v) is 11.4. The highest BCUT2D eigenvalue weighted by atomic mass is 32.1. The number of nitrogens with one attached hydrogen (secondary N) is 1. The van der Waals surface area contributed by atoms with Crippen LogP contribution in [0.25, 0.3) is 0 Å². The van der Waals surface area contributed by atoms with Gasteiger partial charge < -0.3 is 16.0 Å². The van der Waals surface area contributed by atoms with Gasteiger partial charge in [-0.15, -0.1) is 0 Å². The van der Waals surface area contributed by atoms with Gasteiger partial charge in [-0.1, -0.05) is 30.4 Å². The lowest BCUT2D eigenvalue weighted by Crippen LogP contribution is -2.30. The zero-order valence-electron chi connectivity index (χ0n) is 10.6. The summed E-state index contributed by atoms with van der Waals surface area (Å²) in [5, 5.41) is 2.79. The Morgan fingerprint density at radius 1 is 1.39 bits per heavy atom. The number of amides is 1. The molecule has 1 aromatic rings. The number of nitrogens with two attached hydrogens (primary N) is 1. The van der Waals surface area contributed by atoms with E-state index in [0.717, 1.165) is 13.0 Å². The molecule has 0 saturated carbocycles. The van der Waals surface area contributed by atoms with E-state index in [9.17, 15) is 4.79 Å². The second-order valence-corrected chi connectivity index (χ2v) is 4.63. The van der Waals surface area contributed by atoms with Crippen molar-refractivity contribution in [1.82, 2.24) is 5.32 Å². The maximum Gasteiger partial charge on any atom is 0.226 e. The largest absolute Gasteiger partial charge is 0.393 e. The number of hydrogen-bond donors (Lipinski definition) is 2. The Kier molecular flexibility index (Phi) is 6.14. The van der Waals surface area contributed by atoms with Gasteiger partial charge in [0.05, 0.1) is 11.4 Å². The van der Waals surface area contributed by atoms with Gasteiger partial charge in [0, 0.05) is 25.8 Å². The lowest BCUT2D eigenvalue weighted by Gasteiger charge is -2.19. The number of rotatable bonds is 7. The first kappa shape index (κ1) is 14.4. The van der Waals surface area contributed by atoms with E-state index in [1.807, 2.05) is 25.2 Å². The summed E-state index contributed by atoms with van der Waals surface area (Å²) in [7, 11) is 2.03. The fourth-order valence-electron chi connectivity index (χ4n) is 1.58. The number of nitrogens with zero attached hydrogens (tertiary/aromatic N) is 1. The molecule has 1 rings (SSSR count). The summed E-state index contributed by atoms with van der Waals surface area (Å²) >= 11 is 4.66. The summed E-state index contributed by atoms with van der Waals surface area (Å²) in [6.07, 6.45) is 1.01. The molecule has 0 saturated heterocycles. The van der Waals surface area contributed by atoms with Gasteiger partial charge >= 0.3 is 0 Å². The van der Waals surface area contributed by atoms with E-state index in [-0.39, 0.29) is 17.3 Å². The SMILES string of the molecule is CN(CCCNC(=O)CC(N)=S)c1ccccc1. The molecule has 4 nitrogen and oxygen atoms in total. The lowest BCUT2D eigenvalue weighted by atomic mass is 10.3. The second-order valence-electron chi connectivity index (χ2n) is 4.10. The first-order valence-electron chi connectivity index (χ1n) is 5.91. The Balaban J connectivity index is 2.18. The maximum absolute atomic E-state index is 11.3. The highest BCUT2D eigenvalue weighted by molar-refractivity contribution is 7.80. The fourth-order valence-corrected chi connectivity index (χ4v) is 1.71. The van der Waals surface area contributed by atoms with E-state index < -0.39 is 0 Å². The van der Waals surface area contributed by atoms with Gasteiger partial charge in [-0.05, 0) is 18.6 Å². The topological polar surface area (TPSA) is 58.4 Å². The van der Waals surface area contributed by atoms with Crippen LogP contribution >= 0.6 is 12.2 Å². The Bertz CT molecular complexity index is 394. The van der Waals surface area contributed by atoms with E-state index in [0.29, 0.717) is 6.54 Å². The summed E-state index contributed by atoms with van der Waals surface area (Å²) < 4.78 is 0. The minimum Gasteiger partial charge on any atom is -0.393 e. The lowest BCUT2D eigenvalue weighted by molar-refractivity contribution is -0.119. The molecule has 18 heavy (non-hydrogen) atoms.